The topological polar surface area (TPSA) is 46.6 Å². The molecule has 0 bridgehead atoms. The summed E-state index contributed by atoms with van der Waals surface area (Å²) in [5, 5.41) is 0.708. The van der Waals surface area contributed by atoms with E-state index in [1.807, 2.05) is 0 Å². The summed E-state index contributed by atoms with van der Waals surface area (Å²) >= 11 is 7.04. The molecule has 0 saturated heterocycles. The van der Waals surface area contributed by atoms with Gasteiger partial charge in [0, 0.05) is 7.05 Å². The number of halogens is 1. The zero-order valence-corrected chi connectivity index (χ0v) is 10.6. The Morgan fingerprint density at radius 3 is 2.69 bits per heavy atom. The first-order valence-electron chi connectivity index (χ1n) is 4.72. The Morgan fingerprint density at radius 2 is 2.19 bits per heavy atom. The molecule has 0 aromatic carbocycles. The zero-order valence-electron chi connectivity index (χ0n) is 9.03. The Morgan fingerprint density at radius 1 is 1.50 bits per heavy atom. The number of anilines is 1. The molecule has 0 aliphatic rings. The highest BCUT2D eigenvalue weighted by atomic mass is 35.5. The fraction of sp³-hybridized carbons (Fsp3) is 0.400. The molecule has 4 nitrogen and oxygen atoms in total. The number of rotatable bonds is 4. The predicted octanol–water partition coefficient (Wildman–Crippen LogP) is 2.32. The van der Waals surface area contributed by atoms with Crippen molar-refractivity contribution in [1.82, 2.24) is 0 Å². The minimum Gasteiger partial charge on any atom is -0.466 e. The van der Waals surface area contributed by atoms with E-state index in [2.05, 4.69) is 0 Å². The quantitative estimate of drug-likeness (QED) is 0.617. The summed E-state index contributed by atoms with van der Waals surface area (Å²) in [6.45, 7) is 1.98. The first kappa shape index (κ1) is 13.0. The number of hydrogen-bond donors (Lipinski definition) is 0. The van der Waals surface area contributed by atoms with Crippen LogP contribution in [0.5, 0.6) is 0 Å². The van der Waals surface area contributed by atoms with E-state index in [-0.39, 0.29) is 18.9 Å². The van der Waals surface area contributed by atoms with Crippen molar-refractivity contribution < 1.29 is 14.3 Å². The highest BCUT2D eigenvalue weighted by Gasteiger charge is 2.17. The van der Waals surface area contributed by atoms with Gasteiger partial charge in [0.05, 0.1) is 15.9 Å². The minimum absolute atomic E-state index is 0.250. The zero-order chi connectivity index (χ0) is 12.1. The number of carbonyl (C=O) groups is 2. The second-order valence-electron chi connectivity index (χ2n) is 3.01. The number of esters is 1. The van der Waals surface area contributed by atoms with Crippen molar-refractivity contribution >= 4 is 39.8 Å². The van der Waals surface area contributed by atoms with Crippen LogP contribution in [0.2, 0.25) is 4.34 Å². The first-order valence-corrected chi connectivity index (χ1v) is 5.91. The van der Waals surface area contributed by atoms with Crippen molar-refractivity contribution in [3.05, 3.63) is 16.5 Å². The summed E-state index contributed by atoms with van der Waals surface area (Å²) < 4.78 is 5.30. The van der Waals surface area contributed by atoms with Gasteiger partial charge in [0.15, 0.2) is 0 Å². The molecule has 0 saturated carbocycles. The average Bonchev–Trinajstić information content (AvgIpc) is 2.64. The molecular weight excluding hydrogens is 250 g/mol. The lowest BCUT2D eigenvalue weighted by atomic mass is 10.4. The molecule has 1 aromatic heterocycles. The van der Waals surface area contributed by atoms with E-state index in [0.717, 1.165) is 0 Å². The van der Waals surface area contributed by atoms with Crippen LogP contribution >= 0.6 is 22.9 Å². The summed E-state index contributed by atoms with van der Waals surface area (Å²) in [5.74, 6) is -0.820. The fourth-order valence-corrected chi connectivity index (χ4v) is 2.07. The number of hydrogen-bond acceptors (Lipinski definition) is 4. The molecule has 88 valence electrons. The first-order chi connectivity index (χ1) is 7.54. The van der Waals surface area contributed by atoms with Gasteiger partial charge in [-0.2, -0.15) is 0 Å². The second kappa shape index (κ2) is 5.86. The van der Waals surface area contributed by atoms with Crippen molar-refractivity contribution in [3.63, 3.8) is 0 Å². The van der Waals surface area contributed by atoms with E-state index >= 15 is 0 Å². The summed E-state index contributed by atoms with van der Waals surface area (Å²) in [4.78, 5) is 24.1. The Kier molecular flexibility index (Phi) is 4.76. The van der Waals surface area contributed by atoms with Gasteiger partial charge >= 0.3 is 5.97 Å². The molecule has 1 amide bonds. The molecule has 0 N–H and O–H groups in total. The molecule has 0 aliphatic carbocycles. The van der Waals surface area contributed by atoms with Crippen LogP contribution in [-0.2, 0) is 14.3 Å². The predicted molar refractivity (Wildman–Crippen MR) is 64.0 cm³/mol. The molecule has 0 aliphatic heterocycles. The maximum absolute atomic E-state index is 11.6. The minimum atomic E-state index is -0.512. The highest BCUT2D eigenvalue weighted by Crippen LogP contribution is 2.28. The Balaban J connectivity index is 2.57. The van der Waals surface area contributed by atoms with Gasteiger partial charge in [0.1, 0.15) is 6.42 Å². The third-order valence-corrected chi connectivity index (χ3v) is 3.17. The summed E-state index contributed by atoms with van der Waals surface area (Å²) in [6, 6.07) is 3.44. The Hall–Kier alpha value is -1.07. The lowest BCUT2D eigenvalue weighted by molar-refractivity contribution is -0.145. The number of thiophene rings is 1. The van der Waals surface area contributed by atoms with Gasteiger partial charge in [-0.3, -0.25) is 9.59 Å². The number of ether oxygens (including phenoxy) is 1. The van der Waals surface area contributed by atoms with Gasteiger partial charge in [0.25, 0.3) is 0 Å². The summed E-state index contributed by atoms with van der Waals surface area (Å²) in [5.41, 5.74) is 0. The van der Waals surface area contributed by atoms with E-state index in [4.69, 9.17) is 16.3 Å². The van der Waals surface area contributed by atoms with Crippen LogP contribution in [-0.4, -0.2) is 25.5 Å². The summed E-state index contributed by atoms with van der Waals surface area (Å²) in [6.07, 6.45) is -0.250. The van der Waals surface area contributed by atoms with Gasteiger partial charge in [-0.15, -0.1) is 11.3 Å². The number of nitrogens with zero attached hydrogens (tertiary/aromatic N) is 1. The normalized spacial score (nSPS) is 9.94. The Labute approximate surface area is 103 Å². The number of amides is 1. The van der Waals surface area contributed by atoms with Crippen molar-refractivity contribution in [3.8, 4) is 0 Å². The van der Waals surface area contributed by atoms with Crippen LogP contribution in [0.4, 0.5) is 5.00 Å². The molecule has 0 atom stereocenters. The molecule has 0 fully saturated rings. The number of carbonyl (C=O) groups excluding carboxylic acids is 2. The lowest BCUT2D eigenvalue weighted by Crippen LogP contribution is -2.28. The van der Waals surface area contributed by atoms with E-state index < -0.39 is 5.97 Å². The molecule has 1 rings (SSSR count). The van der Waals surface area contributed by atoms with Gasteiger partial charge < -0.3 is 9.64 Å². The standard InChI is InChI=1S/C10H12ClNO3S/c1-3-15-10(14)6-8(13)12(2)9-5-4-7(11)16-9/h4-5H,3,6H2,1-2H3. The highest BCUT2D eigenvalue weighted by molar-refractivity contribution is 7.20. The maximum Gasteiger partial charge on any atom is 0.315 e. The van der Waals surface area contributed by atoms with Crippen LogP contribution in [0.3, 0.4) is 0 Å². The van der Waals surface area contributed by atoms with Crippen LogP contribution in [0.25, 0.3) is 0 Å². The fourth-order valence-electron chi connectivity index (χ4n) is 1.06. The maximum atomic E-state index is 11.6. The van der Waals surface area contributed by atoms with Crippen molar-refractivity contribution in [2.24, 2.45) is 0 Å². The van der Waals surface area contributed by atoms with Crippen LogP contribution in [0.15, 0.2) is 12.1 Å². The molecule has 6 heteroatoms. The molecule has 0 radical (unpaired) electrons. The van der Waals surface area contributed by atoms with Crippen LogP contribution < -0.4 is 4.90 Å². The van der Waals surface area contributed by atoms with Crippen molar-refractivity contribution in [2.75, 3.05) is 18.6 Å². The summed E-state index contributed by atoms with van der Waals surface area (Å²) in [7, 11) is 1.60. The van der Waals surface area contributed by atoms with Crippen LogP contribution in [0.1, 0.15) is 13.3 Å². The third-order valence-electron chi connectivity index (χ3n) is 1.86. The molecule has 0 spiro atoms. The lowest BCUT2D eigenvalue weighted by Gasteiger charge is -2.14. The molecular formula is C10H12ClNO3S. The smallest absolute Gasteiger partial charge is 0.315 e. The van der Waals surface area contributed by atoms with Gasteiger partial charge in [-0.05, 0) is 19.1 Å². The van der Waals surface area contributed by atoms with E-state index in [9.17, 15) is 9.59 Å². The van der Waals surface area contributed by atoms with E-state index in [1.54, 1.807) is 26.1 Å². The van der Waals surface area contributed by atoms with Crippen molar-refractivity contribution in [1.29, 1.82) is 0 Å². The molecule has 1 aromatic rings. The van der Waals surface area contributed by atoms with E-state index in [1.165, 1.54) is 16.2 Å². The molecule has 16 heavy (non-hydrogen) atoms. The average molecular weight is 262 g/mol. The molecule has 1 heterocycles. The Bertz CT molecular complexity index is 391. The van der Waals surface area contributed by atoms with E-state index in [0.29, 0.717) is 9.34 Å². The van der Waals surface area contributed by atoms with Crippen molar-refractivity contribution in [2.45, 2.75) is 13.3 Å². The molecule has 0 unspecified atom stereocenters. The van der Waals surface area contributed by atoms with Gasteiger partial charge in [0.2, 0.25) is 5.91 Å². The largest absolute Gasteiger partial charge is 0.466 e. The third kappa shape index (κ3) is 3.50. The van der Waals surface area contributed by atoms with Crippen LogP contribution in [0, 0.1) is 0 Å². The second-order valence-corrected chi connectivity index (χ2v) is 4.71. The SMILES string of the molecule is CCOC(=O)CC(=O)N(C)c1ccc(Cl)s1. The van der Waals surface area contributed by atoms with Gasteiger partial charge in [-0.25, -0.2) is 0 Å². The monoisotopic (exact) mass is 261 g/mol. The van der Waals surface area contributed by atoms with Gasteiger partial charge in [-0.1, -0.05) is 11.6 Å².